The van der Waals surface area contributed by atoms with Gasteiger partial charge in [-0.05, 0) is 32.0 Å². The molecule has 0 fully saturated rings. The highest BCUT2D eigenvalue weighted by atomic mass is 32.2. The molecule has 0 atom stereocenters. The van der Waals surface area contributed by atoms with Crippen LogP contribution in [0.15, 0.2) is 47.4 Å². The third kappa shape index (κ3) is 3.85. The summed E-state index contributed by atoms with van der Waals surface area (Å²) in [6.07, 6.45) is 0. The fraction of sp³-hybridized carbons (Fsp3) is 0.235. The number of hydrogen-bond donors (Lipinski definition) is 2. The number of carbonyl (C=O) groups is 1. The van der Waals surface area contributed by atoms with Gasteiger partial charge in [0, 0.05) is 18.2 Å². The van der Waals surface area contributed by atoms with Crippen LogP contribution < -0.4 is 14.8 Å². The molecule has 3 rings (SSSR count). The number of amides is 1. The van der Waals surface area contributed by atoms with Crippen molar-refractivity contribution in [3.05, 3.63) is 52.6 Å². The number of ether oxygens (including phenoxy) is 1. The Morgan fingerprint density at radius 2 is 1.96 bits per heavy atom. The summed E-state index contributed by atoms with van der Waals surface area (Å²) in [4.78, 5) is 22.1. The van der Waals surface area contributed by atoms with Gasteiger partial charge >= 0.3 is 0 Å². The Labute approximate surface area is 155 Å². The van der Waals surface area contributed by atoms with Crippen LogP contribution in [0.1, 0.15) is 13.8 Å². The Hall–Kier alpha value is -3.14. The molecular weight excluding hydrogens is 374 g/mol. The molecule has 0 saturated heterocycles. The van der Waals surface area contributed by atoms with Crippen LogP contribution in [0.4, 0.5) is 17.1 Å². The Kier molecular flexibility index (Phi) is 4.52. The molecule has 10 heteroatoms. The molecule has 0 saturated carbocycles. The maximum atomic E-state index is 12.5. The highest BCUT2D eigenvalue weighted by Crippen LogP contribution is 2.34. The van der Waals surface area contributed by atoms with E-state index in [0.29, 0.717) is 11.4 Å². The molecule has 1 aliphatic rings. The molecule has 2 aromatic rings. The first-order valence-corrected chi connectivity index (χ1v) is 9.42. The summed E-state index contributed by atoms with van der Waals surface area (Å²) < 4.78 is 33.0. The van der Waals surface area contributed by atoms with Gasteiger partial charge < -0.3 is 10.1 Å². The number of nitrogens with one attached hydrogen (secondary N) is 2. The van der Waals surface area contributed by atoms with Crippen molar-refractivity contribution >= 4 is 33.0 Å². The molecule has 1 amide bonds. The summed E-state index contributed by atoms with van der Waals surface area (Å²) in [5, 5.41) is 13.6. The van der Waals surface area contributed by atoms with Crippen LogP contribution >= 0.6 is 0 Å². The molecule has 0 aliphatic carbocycles. The lowest BCUT2D eigenvalue weighted by atomic mass is 9.94. The third-order valence-corrected chi connectivity index (χ3v) is 5.40. The van der Waals surface area contributed by atoms with E-state index in [4.69, 9.17) is 4.74 Å². The van der Waals surface area contributed by atoms with E-state index in [2.05, 4.69) is 10.0 Å². The van der Waals surface area contributed by atoms with Crippen molar-refractivity contribution in [1.82, 2.24) is 0 Å². The third-order valence-electron chi connectivity index (χ3n) is 4.02. The molecule has 2 aromatic carbocycles. The SMILES string of the molecule is CC1(C)COc2cc(NS(=O)(=O)c3cccc([N+](=O)[O-])c3)ccc2NC1=O. The summed E-state index contributed by atoms with van der Waals surface area (Å²) in [6, 6.07) is 9.19. The standard InChI is InChI=1S/C17H17N3O6S/c1-17(2)10-26-15-8-11(6-7-14(15)18-16(17)21)19-27(24,25)13-5-3-4-12(9-13)20(22)23/h3-9,19H,10H2,1-2H3,(H,18,21). The number of nitro groups is 1. The minimum Gasteiger partial charge on any atom is -0.490 e. The molecule has 0 spiro atoms. The molecule has 0 radical (unpaired) electrons. The number of fused-ring (bicyclic) bond motifs is 1. The normalized spacial score (nSPS) is 15.7. The number of hydrogen-bond acceptors (Lipinski definition) is 6. The molecule has 1 aliphatic heterocycles. The zero-order valence-electron chi connectivity index (χ0n) is 14.6. The van der Waals surface area contributed by atoms with Crippen LogP contribution in [-0.2, 0) is 14.8 Å². The van der Waals surface area contributed by atoms with Gasteiger partial charge in [0.15, 0.2) is 0 Å². The molecule has 0 unspecified atom stereocenters. The van der Waals surface area contributed by atoms with E-state index >= 15 is 0 Å². The van der Waals surface area contributed by atoms with E-state index in [-0.39, 0.29) is 28.8 Å². The first-order valence-electron chi connectivity index (χ1n) is 7.94. The van der Waals surface area contributed by atoms with Gasteiger partial charge in [0.2, 0.25) is 5.91 Å². The highest BCUT2D eigenvalue weighted by molar-refractivity contribution is 7.92. The highest BCUT2D eigenvalue weighted by Gasteiger charge is 2.32. The van der Waals surface area contributed by atoms with Crippen LogP contribution in [0, 0.1) is 15.5 Å². The number of carbonyl (C=O) groups excluding carboxylic acids is 1. The number of non-ortho nitro benzene ring substituents is 1. The van der Waals surface area contributed by atoms with Crippen molar-refractivity contribution in [2.24, 2.45) is 5.41 Å². The lowest BCUT2D eigenvalue weighted by Gasteiger charge is -2.18. The number of nitro benzene ring substituents is 1. The largest absolute Gasteiger partial charge is 0.490 e. The summed E-state index contributed by atoms with van der Waals surface area (Å²) in [5.74, 6) is 0.124. The van der Waals surface area contributed by atoms with E-state index < -0.39 is 20.4 Å². The number of anilines is 2. The van der Waals surface area contributed by atoms with Gasteiger partial charge in [0.25, 0.3) is 15.7 Å². The first-order chi connectivity index (χ1) is 12.6. The average Bonchev–Trinajstić information content (AvgIpc) is 2.71. The van der Waals surface area contributed by atoms with Gasteiger partial charge in [0.1, 0.15) is 12.4 Å². The monoisotopic (exact) mass is 391 g/mol. The average molecular weight is 391 g/mol. The van der Waals surface area contributed by atoms with Crippen molar-refractivity contribution in [2.45, 2.75) is 18.7 Å². The van der Waals surface area contributed by atoms with E-state index in [1.807, 2.05) is 0 Å². The summed E-state index contributed by atoms with van der Waals surface area (Å²) in [7, 11) is -4.04. The van der Waals surface area contributed by atoms with Crippen molar-refractivity contribution in [3.63, 3.8) is 0 Å². The number of rotatable bonds is 4. The van der Waals surface area contributed by atoms with Gasteiger partial charge in [-0.3, -0.25) is 19.6 Å². The first kappa shape index (κ1) is 18.6. The van der Waals surface area contributed by atoms with Gasteiger partial charge in [-0.2, -0.15) is 0 Å². The maximum absolute atomic E-state index is 12.5. The Morgan fingerprint density at radius 1 is 1.22 bits per heavy atom. The lowest BCUT2D eigenvalue weighted by Crippen LogP contribution is -2.33. The van der Waals surface area contributed by atoms with E-state index in [0.717, 1.165) is 6.07 Å². The number of benzene rings is 2. The Balaban J connectivity index is 1.89. The van der Waals surface area contributed by atoms with Crippen LogP contribution in [-0.4, -0.2) is 25.9 Å². The van der Waals surface area contributed by atoms with Crippen LogP contribution in [0.25, 0.3) is 0 Å². The van der Waals surface area contributed by atoms with Crippen LogP contribution in [0.5, 0.6) is 5.75 Å². The fourth-order valence-corrected chi connectivity index (χ4v) is 3.49. The molecule has 142 valence electrons. The number of sulfonamides is 1. The number of nitrogens with zero attached hydrogens (tertiary/aromatic N) is 1. The van der Waals surface area contributed by atoms with Gasteiger partial charge in [-0.15, -0.1) is 0 Å². The summed E-state index contributed by atoms with van der Waals surface area (Å²) >= 11 is 0. The molecule has 9 nitrogen and oxygen atoms in total. The van der Waals surface area contributed by atoms with Gasteiger partial charge in [0.05, 0.1) is 26.6 Å². The van der Waals surface area contributed by atoms with Gasteiger partial charge in [-0.25, -0.2) is 8.42 Å². The molecule has 0 aromatic heterocycles. The molecule has 2 N–H and O–H groups in total. The Bertz CT molecular complexity index is 1030. The topological polar surface area (TPSA) is 128 Å². The quantitative estimate of drug-likeness (QED) is 0.609. The molecular formula is C17H17N3O6S. The molecule has 27 heavy (non-hydrogen) atoms. The summed E-state index contributed by atoms with van der Waals surface area (Å²) in [6.45, 7) is 3.60. The lowest BCUT2D eigenvalue weighted by molar-refractivity contribution is -0.385. The zero-order chi connectivity index (χ0) is 19.8. The minimum atomic E-state index is -4.04. The molecule has 0 bridgehead atoms. The van der Waals surface area contributed by atoms with Crippen molar-refractivity contribution in [2.75, 3.05) is 16.6 Å². The minimum absolute atomic E-state index is 0.132. The molecule has 1 heterocycles. The fourth-order valence-electron chi connectivity index (χ4n) is 2.40. The second-order valence-corrected chi connectivity index (χ2v) is 8.38. The van der Waals surface area contributed by atoms with Crippen molar-refractivity contribution in [1.29, 1.82) is 0 Å². The van der Waals surface area contributed by atoms with E-state index in [1.165, 1.54) is 36.4 Å². The predicted octanol–water partition coefficient (Wildman–Crippen LogP) is 2.75. The van der Waals surface area contributed by atoms with Crippen LogP contribution in [0.3, 0.4) is 0 Å². The Morgan fingerprint density at radius 3 is 2.67 bits per heavy atom. The van der Waals surface area contributed by atoms with Gasteiger partial charge in [-0.1, -0.05) is 6.07 Å². The zero-order valence-corrected chi connectivity index (χ0v) is 15.4. The maximum Gasteiger partial charge on any atom is 0.270 e. The summed E-state index contributed by atoms with van der Waals surface area (Å²) in [5.41, 5.74) is -0.423. The van der Waals surface area contributed by atoms with E-state index in [9.17, 15) is 23.3 Å². The predicted molar refractivity (Wildman–Crippen MR) is 98.3 cm³/mol. The van der Waals surface area contributed by atoms with Crippen molar-refractivity contribution in [3.8, 4) is 5.75 Å². The second kappa shape index (κ2) is 6.54. The van der Waals surface area contributed by atoms with Crippen LogP contribution in [0.2, 0.25) is 0 Å². The van der Waals surface area contributed by atoms with Crippen molar-refractivity contribution < 1.29 is 22.9 Å². The smallest absolute Gasteiger partial charge is 0.270 e. The second-order valence-electron chi connectivity index (χ2n) is 6.70. The van der Waals surface area contributed by atoms with E-state index in [1.54, 1.807) is 13.8 Å².